The van der Waals surface area contributed by atoms with Gasteiger partial charge in [-0.2, -0.15) is 0 Å². The van der Waals surface area contributed by atoms with Gasteiger partial charge in [0.25, 0.3) is 0 Å². The minimum atomic E-state index is -0.354. The number of nitrogens with zero attached hydrogens (tertiary/aromatic N) is 13. The number of carbonyl (C=O) groups is 3. The van der Waals surface area contributed by atoms with Crippen molar-refractivity contribution in [2.24, 2.45) is 5.92 Å². The molecule has 440 valence electrons. The molecule has 0 aromatic carbocycles. The van der Waals surface area contributed by atoms with Gasteiger partial charge in [0.2, 0.25) is 17.7 Å². The molecule has 81 heavy (non-hydrogen) atoms. The number of nitrogen functional groups attached to an aromatic ring is 4. The largest absolute Gasteiger partial charge is 0.396 e. The highest BCUT2D eigenvalue weighted by molar-refractivity contribution is 5.81. The number of likely N-dealkylation sites (N-methyl/N-ethyl adjacent to an activating group) is 1. The molecule has 4 aromatic rings. The minimum absolute atomic E-state index is 0.195. The van der Waals surface area contributed by atoms with Crippen LogP contribution in [0.3, 0.4) is 0 Å². The van der Waals surface area contributed by atoms with Gasteiger partial charge in [0, 0.05) is 136 Å². The first kappa shape index (κ1) is 58.8. The summed E-state index contributed by atoms with van der Waals surface area (Å²) in [6.45, 7) is 19.8. The van der Waals surface area contributed by atoms with Crippen molar-refractivity contribution in [2.45, 2.75) is 96.2 Å². The van der Waals surface area contributed by atoms with E-state index in [9.17, 15) is 23.2 Å². The number of ether oxygens (including phenoxy) is 1. The molecule has 8 N–H and O–H groups in total. The van der Waals surface area contributed by atoms with Crippen LogP contribution >= 0.6 is 0 Å². The molecule has 0 bridgehead atoms. The number of carbonyl (C=O) groups excluding carboxylic acids is 3. The molecule has 8 aliphatic rings. The molecule has 12 heterocycles. The lowest BCUT2D eigenvalue weighted by Gasteiger charge is -2.39. The third-order valence-electron chi connectivity index (χ3n) is 17.4. The molecular weight excluding hydrogens is 1040 g/mol. The second-order valence-electron chi connectivity index (χ2n) is 22.9. The number of rotatable bonds is 10. The number of hydrogen-bond donors (Lipinski definition) is 4. The van der Waals surface area contributed by atoms with Gasteiger partial charge in [-0.25, -0.2) is 8.78 Å². The third-order valence-corrected chi connectivity index (χ3v) is 17.4. The van der Waals surface area contributed by atoms with Crippen LogP contribution in [0.25, 0.3) is 0 Å². The van der Waals surface area contributed by atoms with Gasteiger partial charge in [-0.05, 0) is 95.3 Å². The molecule has 3 amide bonds. The fourth-order valence-electron chi connectivity index (χ4n) is 13.0. The summed E-state index contributed by atoms with van der Waals surface area (Å²) in [7, 11) is 1.85. The maximum Gasteiger partial charge on any atom is 0.236 e. The lowest BCUT2D eigenvalue weighted by Crippen LogP contribution is -2.51. The Labute approximate surface area is 475 Å². The number of likely N-dealkylation sites (tertiary alicyclic amines) is 1. The molecule has 0 aliphatic carbocycles. The number of anilines is 8. The van der Waals surface area contributed by atoms with Crippen molar-refractivity contribution in [1.29, 1.82) is 0 Å². The Morgan fingerprint density at radius 3 is 1.42 bits per heavy atom. The number of fused-ring (bicyclic) bond motifs is 2. The highest BCUT2D eigenvalue weighted by Crippen LogP contribution is 2.35. The third kappa shape index (κ3) is 14.6. The molecule has 0 radical (unpaired) electrons. The molecule has 8 aliphatic heterocycles. The van der Waals surface area contributed by atoms with Gasteiger partial charge in [-0.3, -0.25) is 39.2 Å². The summed E-state index contributed by atoms with van der Waals surface area (Å²) < 4.78 is 33.8. The molecule has 21 nitrogen and oxygen atoms in total. The van der Waals surface area contributed by atoms with E-state index in [4.69, 9.17) is 27.7 Å². The van der Waals surface area contributed by atoms with Crippen LogP contribution in [-0.4, -0.2) is 205 Å². The van der Waals surface area contributed by atoms with Gasteiger partial charge in [0.15, 0.2) is 11.6 Å². The van der Waals surface area contributed by atoms with Crippen molar-refractivity contribution in [3.05, 3.63) is 72.3 Å². The van der Waals surface area contributed by atoms with Crippen LogP contribution in [0.4, 0.5) is 54.3 Å². The van der Waals surface area contributed by atoms with Crippen LogP contribution in [0.15, 0.2) is 49.6 Å². The molecule has 0 spiro atoms. The van der Waals surface area contributed by atoms with E-state index < -0.39 is 0 Å². The first-order valence-corrected chi connectivity index (χ1v) is 29.2. The molecule has 4 aromatic heterocycles. The number of pyridine rings is 4. The lowest BCUT2D eigenvalue weighted by atomic mass is 9.95. The van der Waals surface area contributed by atoms with Crippen LogP contribution in [0.1, 0.15) is 75.3 Å². The molecular formula is C58H85F2N17O4. The monoisotopic (exact) mass is 1120 g/mol. The van der Waals surface area contributed by atoms with Crippen molar-refractivity contribution >= 4 is 63.2 Å². The number of aryl methyl sites for hydroxylation is 2. The van der Waals surface area contributed by atoms with Crippen LogP contribution in [0.2, 0.25) is 0 Å². The Morgan fingerprint density at radius 2 is 0.963 bits per heavy atom. The Hall–Kier alpha value is -6.85. The normalized spacial score (nSPS) is 22.0. The summed E-state index contributed by atoms with van der Waals surface area (Å²) in [5, 5.41) is 0. The van der Waals surface area contributed by atoms with Crippen LogP contribution in [0, 0.1) is 31.4 Å². The van der Waals surface area contributed by atoms with Crippen molar-refractivity contribution in [3.63, 3.8) is 0 Å². The molecule has 0 saturated carbocycles. The van der Waals surface area contributed by atoms with Crippen molar-refractivity contribution in [3.8, 4) is 0 Å². The first-order chi connectivity index (χ1) is 39.1. The molecule has 23 heteroatoms. The summed E-state index contributed by atoms with van der Waals surface area (Å²) in [6.07, 6.45) is 22.6. The fourth-order valence-corrected chi connectivity index (χ4v) is 13.0. The zero-order chi connectivity index (χ0) is 57.2. The molecule has 12 rings (SSSR count). The van der Waals surface area contributed by atoms with E-state index in [1.807, 2.05) is 52.9 Å². The molecule has 2 atom stereocenters. The maximum atomic E-state index is 14.0. The number of piperidine rings is 2. The van der Waals surface area contributed by atoms with Crippen LogP contribution in [-0.2, 0) is 19.1 Å². The summed E-state index contributed by atoms with van der Waals surface area (Å²) in [6, 6.07) is 0.719. The Morgan fingerprint density at radius 1 is 0.506 bits per heavy atom. The molecule has 0 unspecified atom stereocenters. The Kier molecular flexibility index (Phi) is 19.8. The number of nitrogens with two attached hydrogens (primary N) is 4. The van der Waals surface area contributed by atoms with E-state index in [-0.39, 0.29) is 23.6 Å². The van der Waals surface area contributed by atoms with Gasteiger partial charge >= 0.3 is 0 Å². The van der Waals surface area contributed by atoms with Crippen LogP contribution < -0.4 is 42.5 Å². The topological polar surface area (TPSA) is 245 Å². The molecule has 8 saturated heterocycles. The van der Waals surface area contributed by atoms with Gasteiger partial charge in [-0.15, -0.1) is 0 Å². The second-order valence-corrected chi connectivity index (χ2v) is 22.9. The van der Waals surface area contributed by atoms with Gasteiger partial charge in [-0.1, -0.05) is 0 Å². The predicted molar refractivity (Wildman–Crippen MR) is 314 cm³/mol. The number of hydrogen-bond acceptors (Lipinski definition) is 18. The van der Waals surface area contributed by atoms with E-state index >= 15 is 0 Å². The van der Waals surface area contributed by atoms with Crippen molar-refractivity contribution in [2.75, 3.05) is 167 Å². The maximum absolute atomic E-state index is 14.0. The van der Waals surface area contributed by atoms with E-state index in [0.29, 0.717) is 72.0 Å². The number of amides is 3. The SMILES string of the molecule is CN1CCN(CC2CCN(c3c(N)cncc3F)CC2)CC1=O.Cc1cncc(N)c1N1CCN2C(=O)CC[C@@H]2C1.Cc1cncc(N)c1N1CCN2C(=O)CC[C@H]2C1.Nc1cncc(F)c1N1CCC(OCCN2CCCC2)CC1. The quantitative estimate of drug-likeness (QED) is 0.173. The number of piperazine rings is 3. The van der Waals surface area contributed by atoms with Gasteiger partial charge in [0.05, 0.1) is 102 Å². The van der Waals surface area contributed by atoms with Crippen molar-refractivity contribution < 1.29 is 27.9 Å². The first-order valence-electron chi connectivity index (χ1n) is 29.2. The molecule has 8 fully saturated rings. The van der Waals surface area contributed by atoms with Crippen LogP contribution in [0.5, 0.6) is 0 Å². The zero-order valence-electron chi connectivity index (χ0n) is 47.7. The average molecular weight is 1120 g/mol. The second kappa shape index (κ2) is 27.3. The van der Waals surface area contributed by atoms with Gasteiger partial charge < -0.3 is 66.9 Å². The summed E-state index contributed by atoms with van der Waals surface area (Å²) in [5.41, 5.74) is 31.4. The predicted octanol–water partition coefficient (Wildman–Crippen LogP) is 4.24. The summed E-state index contributed by atoms with van der Waals surface area (Å²) >= 11 is 0. The smallest absolute Gasteiger partial charge is 0.236 e. The summed E-state index contributed by atoms with van der Waals surface area (Å²) in [4.78, 5) is 70.0. The number of aromatic nitrogens is 4. The van der Waals surface area contributed by atoms with Crippen molar-refractivity contribution in [1.82, 2.24) is 44.4 Å². The highest BCUT2D eigenvalue weighted by atomic mass is 19.1. The minimum Gasteiger partial charge on any atom is -0.396 e. The van der Waals surface area contributed by atoms with Gasteiger partial charge in [0.1, 0.15) is 0 Å². The standard InChI is InChI=1S/C16H24FN5O.C16H25FN4O.2C13H18N4O/c1-20-6-7-21(11-15(20)23)10-12-2-4-22(5-3-12)16-13(17)8-19-9-14(16)18;17-14-11-19-12-15(18)16(14)21-7-3-13(4-8-21)22-10-9-20-5-1-2-6-20;2*1-9-6-15-7-11(14)13(9)16-4-5-17-10(8-16)2-3-12(17)18/h8-9,12H,2-7,10-11,18H2,1H3;11-13H,1-10,18H2;2*6-7,10H,2-5,8,14H2,1H3/t;;2*10-/m..10/s1. The zero-order valence-corrected chi connectivity index (χ0v) is 47.7. The number of halogens is 2. The average Bonchev–Trinajstić information content (AvgIpc) is 4.23. The Balaban J connectivity index is 0.000000131. The van der Waals surface area contributed by atoms with E-state index in [0.717, 1.165) is 171 Å². The van der Waals surface area contributed by atoms with E-state index in [1.165, 1.54) is 50.7 Å². The highest BCUT2D eigenvalue weighted by Gasteiger charge is 2.38. The fraction of sp³-hybridized carbons (Fsp3) is 0.603. The van der Waals surface area contributed by atoms with E-state index in [1.54, 1.807) is 17.3 Å². The Bertz CT molecular complexity index is 2600. The van der Waals surface area contributed by atoms with E-state index in [2.05, 4.69) is 39.5 Å². The lowest BCUT2D eigenvalue weighted by molar-refractivity contribution is -0.134. The summed E-state index contributed by atoms with van der Waals surface area (Å²) in [5.74, 6) is 0.661.